The predicted octanol–water partition coefficient (Wildman–Crippen LogP) is 8.51. The molecule has 8 nitrogen and oxygen atoms in total. The van der Waals surface area contributed by atoms with Gasteiger partial charge in [-0.2, -0.15) is 0 Å². The van der Waals surface area contributed by atoms with E-state index in [1.54, 1.807) is 18.2 Å². The lowest BCUT2D eigenvalue weighted by Crippen LogP contribution is -2.28. The van der Waals surface area contributed by atoms with E-state index in [1.165, 1.54) is 82.7 Å². The first-order chi connectivity index (χ1) is 21.4. The fourth-order valence-electron chi connectivity index (χ4n) is 5.17. The van der Waals surface area contributed by atoms with Crippen molar-refractivity contribution >= 4 is 41.4 Å². The van der Waals surface area contributed by atoms with Crippen molar-refractivity contribution in [3.05, 3.63) is 76.6 Å². The number of aliphatic carboxylic acids is 1. The van der Waals surface area contributed by atoms with Crippen LogP contribution in [-0.4, -0.2) is 53.7 Å². The minimum atomic E-state index is -1.19. The maximum Gasteiger partial charge on any atom is 0.327 e. The summed E-state index contributed by atoms with van der Waals surface area (Å²) in [5, 5.41) is 13.6. The van der Waals surface area contributed by atoms with Crippen LogP contribution in [0.1, 0.15) is 102 Å². The highest BCUT2D eigenvalue weighted by molar-refractivity contribution is 6.30. The van der Waals surface area contributed by atoms with E-state index >= 15 is 0 Å². The fourth-order valence-corrected chi connectivity index (χ4v) is 5.17. The van der Waals surface area contributed by atoms with Crippen LogP contribution in [-0.2, 0) is 9.59 Å². The zero-order valence-corrected chi connectivity index (χ0v) is 26.4. The third kappa shape index (κ3) is 11.4. The number of amides is 1. The number of carbonyl (C=O) groups excluding carboxylic acids is 1. The number of hydrogen-bond donors (Lipinski definition) is 1. The van der Waals surface area contributed by atoms with Crippen LogP contribution in [0.3, 0.4) is 0 Å². The van der Waals surface area contributed by atoms with E-state index < -0.39 is 18.4 Å². The standard InChI is InChI=1S/C36H47N5O3/c1-4-6-8-10-12-14-24-40(25-15-13-11-9-7-5-2)32-22-18-30(19-23-32)27-38-31-20-16-29(17-21-31)26-33-35(37-3)39-41(36(33)44)28-34(42)43/h16-23,26-27H,4-15,24-25,28H2,1-2H3,(H,42,43)/b33-26-,38-27?. The highest BCUT2D eigenvalue weighted by atomic mass is 16.4. The van der Waals surface area contributed by atoms with Crippen LogP contribution in [0, 0.1) is 6.57 Å². The fraction of sp³-hybridized carbons (Fsp3) is 0.472. The summed E-state index contributed by atoms with van der Waals surface area (Å²) in [4.78, 5) is 33.9. The second kappa shape index (κ2) is 19.1. The Morgan fingerprint density at radius 3 is 1.95 bits per heavy atom. The average Bonchev–Trinajstić information content (AvgIpc) is 3.32. The highest BCUT2D eigenvalue weighted by Crippen LogP contribution is 2.22. The highest BCUT2D eigenvalue weighted by Gasteiger charge is 2.34. The van der Waals surface area contributed by atoms with Crippen LogP contribution in [0.4, 0.5) is 11.4 Å². The predicted molar refractivity (Wildman–Crippen MR) is 180 cm³/mol. The number of hydrazone groups is 1. The SMILES string of the molecule is [C-]#[N+]C1=NN(CC(=O)O)C(=O)/C1=C\c1ccc(N=Cc2ccc(N(CCCCCCCC)CCCCCCCC)cc2)cc1. The maximum atomic E-state index is 12.5. The van der Waals surface area contributed by atoms with Crippen molar-refractivity contribution in [2.24, 2.45) is 10.1 Å². The number of hydrogen-bond acceptors (Lipinski definition) is 5. The average molecular weight is 598 g/mol. The number of carboxylic acid groups (broad SMARTS) is 1. The third-order valence-electron chi connectivity index (χ3n) is 7.70. The lowest BCUT2D eigenvalue weighted by Gasteiger charge is -2.25. The molecule has 0 radical (unpaired) electrons. The van der Waals surface area contributed by atoms with Crippen molar-refractivity contribution in [1.29, 1.82) is 0 Å². The Morgan fingerprint density at radius 1 is 0.864 bits per heavy atom. The van der Waals surface area contributed by atoms with Gasteiger partial charge in [0.1, 0.15) is 0 Å². The molecule has 8 heteroatoms. The second-order valence-corrected chi connectivity index (χ2v) is 11.3. The van der Waals surface area contributed by atoms with E-state index in [4.69, 9.17) is 11.7 Å². The van der Waals surface area contributed by atoms with Crippen molar-refractivity contribution < 1.29 is 14.7 Å². The molecule has 1 amide bonds. The van der Waals surface area contributed by atoms with Gasteiger partial charge in [0.25, 0.3) is 5.91 Å². The Kier molecular flexibility index (Phi) is 14.9. The number of carbonyl (C=O) groups is 2. The smallest absolute Gasteiger partial charge is 0.327 e. The monoisotopic (exact) mass is 597 g/mol. The summed E-state index contributed by atoms with van der Waals surface area (Å²) in [5.74, 6) is -1.90. The Bertz CT molecular complexity index is 1310. The lowest BCUT2D eigenvalue weighted by molar-refractivity contribution is -0.142. The molecule has 2 aromatic rings. The number of carboxylic acids is 1. The molecule has 2 aromatic carbocycles. The summed E-state index contributed by atoms with van der Waals surface area (Å²) in [6, 6.07) is 15.9. The minimum absolute atomic E-state index is 0.0830. The first-order valence-corrected chi connectivity index (χ1v) is 16.2. The molecule has 3 rings (SSSR count). The zero-order chi connectivity index (χ0) is 31.6. The van der Waals surface area contributed by atoms with Crippen molar-refractivity contribution in [3.8, 4) is 0 Å². The van der Waals surface area contributed by atoms with Crippen LogP contribution in [0.15, 0.2) is 64.2 Å². The van der Waals surface area contributed by atoms with Crippen LogP contribution < -0.4 is 4.90 Å². The molecule has 0 bridgehead atoms. The number of rotatable bonds is 20. The largest absolute Gasteiger partial charge is 0.480 e. The molecule has 234 valence electrons. The molecule has 44 heavy (non-hydrogen) atoms. The van der Waals surface area contributed by atoms with Gasteiger partial charge in [0.05, 0.1) is 11.3 Å². The maximum absolute atomic E-state index is 12.5. The quantitative estimate of drug-likeness (QED) is 0.0717. The third-order valence-corrected chi connectivity index (χ3v) is 7.70. The molecule has 0 saturated carbocycles. The summed E-state index contributed by atoms with van der Waals surface area (Å²) in [7, 11) is 0. The molecule has 1 aliphatic heterocycles. The van der Waals surface area contributed by atoms with E-state index in [9.17, 15) is 9.59 Å². The molecule has 0 aliphatic carbocycles. The van der Waals surface area contributed by atoms with E-state index in [-0.39, 0.29) is 11.4 Å². The number of aliphatic imine (C=N–C) groups is 1. The number of benzene rings is 2. The Balaban J connectivity index is 1.59. The van der Waals surface area contributed by atoms with Gasteiger partial charge in [0.15, 0.2) is 6.54 Å². The Hall–Kier alpha value is -4.25. The minimum Gasteiger partial charge on any atom is -0.480 e. The van der Waals surface area contributed by atoms with E-state index in [0.29, 0.717) is 5.56 Å². The molecule has 1 N–H and O–H groups in total. The van der Waals surface area contributed by atoms with Crippen molar-refractivity contribution in [3.63, 3.8) is 0 Å². The second-order valence-electron chi connectivity index (χ2n) is 11.3. The van der Waals surface area contributed by atoms with E-state index in [1.807, 2.05) is 18.3 Å². The molecule has 0 atom stereocenters. The van der Waals surface area contributed by atoms with Gasteiger partial charge in [0, 0.05) is 25.0 Å². The van der Waals surface area contributed by atoms with Gasteiger partial charge >= 0.3 is 11.8 Å². The topological polar surface area (TPSA) is 89.9 Å². The number of nitrogens with zero attached hydrogens (tertiary/aromatic N) is 5. The van der Waals surface area contributed by atoms with Gasteiger partial charge in [-0.05, 0) is 53.3 Å². The molecule has 1 heterocycles. The summed E-state index contributed by atoms with van der Waals surface area (Å²) in [5.41, 5.74) is 3.83. The van der Waals surface area contributed by atoms with Crippen LogP contribution in [0.25, 0.3) is 10.9 Å². The number of unbranched alkanes of at least 4 members (excludes halogenated alkanes) is 10. The summed E-state index contributed by atoms with van der Waals surface area (Å²) in [6.07, 6.45) is 19.0. The lowest BCUT2D eigenvalue weighted by atomic mass is 10.1. The summed E-state index contributed by atoms with van der Waals surface area (Å²) >= 11 is 0. The van der Waals surface area contributed by atoms with Crippen LogP contribution >= 0.6 is 0 Å². The van der Waals surface area contributed by atoms with Gasteiger partial charge in [0.2, 0.25) is 0 Å². The van der Waals surface area contributed by atoms with Gasteiger partial charge in [-0.1, -0.05) is 115 Å². The summed E-state index contributed by atoms with van der Waals surface area (Å²) < 4.78 is 0. The first kappa shape index (κ1) is 34.2. The molecule has 0 fully saturated rings. The molecule has 0 spiro atoms. The molecule has 1 aliphatic rings. The van der Waals surface area contributed by atoms with Gasteiger partial charge in [-0.25, -0.2) is 0 Å². The van der Waals surface area contributed by atoms with Gasteiger partial charge in [-0.3, -0.25) is 14.6 Å². The van der Waals surface area contributed by atoms with E-state index in [2.05, 4.69) is 58.0 Å². The summed E-state index contributed by atoms with van der Waals surface area (Å²) in [6.45, 7) is 13.4. The molecule has 0 saturated heterocycles. The first-order valence-electron chi connectivity index (χ1n) is 16.2. The zero-order valence-electron chi connectivity index (χ0n) is 26.4. The molecular formula is C36H47N5O3. The Labute approximate surface area is 263 Å². The van der Waals surface area contributed by atoms with Crippen molar-refractivity contribution in [1.82, 2.24) is 5.01 Å². The van der Waals surface area contributed by atoms with E-state index in [0.717, 1.165) is 29.3 Å². The van der Waals surface area contributed by atoms with Crippen molar-refractivity contribution in [2.75, 3.05) is 24.5 Å². The van der Waals surface area contributed by atoms with Gasteiger partial charge < -0.3 is 14.9 Å². The molecule has 0 aromatic heterocycles. The number of anilines is 1. The normalized spacial score (nSPS) is 13.9. The number of amidine groups is 1. The van der Waals surface area contributed by atoms with Crippen LogP contribution in [0.5, 0.6) is 0 Å². The van der Waals surface area contributed by atoms with Crippen molar-refractivity contribution in [2.45, 2.75) is 90.9 Å². The van der Waals surface area contributed by atoms with Gasteiger partial charge in [-0.15, -0.1) is 5.01 Å². The Morgan fingerprint density at radius 2 is 1.41 bits per heavy atom. The molecular weight excluding hydrogens is 550 g/mol. The van der Waals surface area contributed by atoms with Crippen LogP contribution in [0.2, 0.25) is 0 Å². The molecule has 0 unspecified atom stereocenters.